The van der Waals surface area contributed by atoms with Crippen molar-refractivity contribution in [3.8, 4) is 0 Å². The van der Waals surface area contributed by atoms with Crippen LogP contribution in [-0.2, 0) is 0 Å². The second-order valence-electron chi connectivity index (χ2n) is 6.90. The van der Waals surface area contributed by atoms with Gasteiger partial charge < -0.3 is 5.73 Å². The fourth-order valence-corrected chi connectivity index (χ4v) is 4.36. The molecule has 0 saturated heterocycles. The van der Waals surface area contributed by atoms with E-state index in [0.29, 0.717) is 12.5 Å². The van der Waals surface area contributed by atoms with Crippen molar-refractivity contribution in [2.75, 3.05) is 13.6 Å². The van der Waals surface area contributed by atoms with Crippen molar-refractivity contribution < 1.29 is 0 Å². The molecule has 0 bridgehead atoms. The third kappa shape index (κ3) is 3.13. The number of rotatable bonds is 4. The Kier molecular flexibility index (Phi) is 5.34. The topological polar surface area (TPSA) is 29.3 Å². The Morgan fingerprint density at radius 1 is 1.38 bits per heavy atom. The third-order valence-electron chi connectivity index (χ3n) is 5.74. The van der Waals surface area contributed by atoms with Crippen LogP contribution in [0.3, 0.4) is 0 Å². The van der Waals surface area contributed by atoms with Crippen LogP contribution in [0.4, 0.5) is 0 Å². The summed E-state index contributed by atoms with van der Waals surface area (Å²) in [5, 5.41) is 0.848. The van der Waals surface area contributed by atoms with E-state index in [0.717, 1.165) is 10.9 Å². The molecule has 0 amide bonds. The molecule has 1 aliphatic rings. The van der Waals surface area contributed by atoms with Crippen molar-refractivity contribution >= 4 is 11.6 Å². The maximum absolute atomic E-state index is 6.39. The maximum atomic E-state index is 6.39. The van der Waals surface area contributed by atoms with Crippen LogP contribution < -0.4 is 5.73 Å². The average molecular weight is 309 g/mol. The van der Waals surface area contributed by atoms with E-state index < -0.39 is 0 Å². The van der Waals surface area contributed by atoms with Gasteiger partial charge in [0.25, 0.3) is 0 Å². The molecule has 1 aromatic rings. The smallest absolute Gasteiger partial charge is 0.0453 e. The van der Waals surface area contributed by atoms with E-state index in [9.17, 15) is 0 Å². The van der Waals surface area contributed by atoms with Crippen molar-refractivity contribution in [1.82, 2.24) is 4.90 Å². The quantitative estimate of drug-likeness (QED) is 0.888. The summed E-state index contributed by atoms with van der Waals surface area (Å²) >= 11 is 6.39. The van der Waals surface area contributed by atoms with Gasteiger partial charge in [0.1, 0.15) is 0 Å². The molecular formula is C18H29ClN2. The molecule has 4 atom stereocenters. The van der Waals surface area contributed by atoms with E-state index in [1.54, 1.807) is 0 Å². The number of hydrogen-bond acceptors (Lipinski definition) is 2. The Morgan fingerprint density at radius 3 is 2.62 bits per heavy atom. The molecular weight excluding hydrogens is 280 g/mol. The Labute approximate surface area is 134 Å². The van der Waals surface area contributed by atoms with Crippen LogP contribution in [0, 0.1) is 11.8 Å². The molecule has 1 aliphatic carbocycles. The van der Waals surface area contributed by atoms with Crippen LogP contribution in [0.1, 0.15) is 51.6 Å². The summed E-state index contributed by atoms with van der Waals surface area (Å²) in [6.45, 7) is 7.67. The van der Waals surface area contributed by atoms with Crippen LogP contribution in [0.15, 0.2) is 24.3 Å². The highest BCUT2D eigenvalue weighted by atomic mass is 35.5. The summed E-state index contributed by atoms with van der Waals surface area (Å²) in [4.78, 5) is 2.48. The van der Waals surface area contributed by atoms with Gasteiger partial charge in [-0.15, -0.1) is 0 Å². The SMILES string of the molecule is CC1CCC(CN)(N(C)C(C)c2ccccc2Cl)C(C)C1. The van der Waals surface area contributed by atoms with Crippen molar-refractivity contribution in [2.45, 2.75) is 51.6 Å². The highest BCUT2D eigenvalue weighted by molar-refractivity contribution is 6.31. The van der Waals surface area contributed by atoms with Gasteiger partial charge in [-0.3, -0.25) is 4.90 Å². The Balaban J connectivity index is 2.28. The molecule has 0 radical (unpaired) electrons. The zero-order valence-corrected chi connectivity index (χ0v) is 14.5. The molecule has 2 N–H and O–H groups in total. The summed E-state index contributed by atoms with van der Waals surface area (Å²) in [5.41, 5.74) is 7.54. The molecule has 118 valence electrons. The molecule has 3 heteroatoms. The summed E-state index contributed by atoms with van der Waals surface area (Å²) in [6.07, 6.45) is 3.70. The normalized spacial score (nSPS) is 31.4. The molecule has 0 aliphatic heterocycles. The van der Waals surface area contributed by atoms with Crippen molar-refractivity contribution in [3.63, 3.8) is 0 Å². The second-order valence-corrected chi connectivity index (χ2v) is 7.30. The molecule has 2 nitrogen and oxygen atoms in total. The number of nitrogens with two attached hydrogens (primary N) is 1. The van der Waals surface area contributed by atoms with Gasteiger partial charge in [0.2, 0.25) is 0 Å². The third-order valence-corrected chi connectivity index (χ3v) is 6.08. The first-order valence-corrected chi connectivity index (χ1v) is 8.47. The van der Waals surface area contributed by atoms with E-state index in [1.807, 2.05) is 12.1 Å². The fraction of sp³-hybridized carbons (Fsp3) is 0.667. The van der Waals surface area contributed by atoms with Gasteiger partial charge in [-0.05, 0) is 56.7 Å². The molecule has 1 fully saturated rings. The minimum Gasteiger partial charge on any atom is -0.329 e. The zero-order chi connectivity index (χ0) is 15.6. The van der Waals surface area contributed by atoms with Gasteiger partial charge >= 0.3 is 0 Å². The van der Waals surface area contributed by atoms with Crippen LogP contribution in [0.25, 0.3) is 0 Å². The van der Waals surface area contributed by atoms with Gasteiger partial charge in [0.15, 0.2) is 0 Å². The minimum absolute atomic E-state index is 0.0884. The van der Waals surface area contributed by atoms with Crippen molar-refractivity contribution in [3.05, 3.63) is 34.9 Å². The number of benzene rings is 1. The van der Waals surface area contributed by atoms with Gasteiger partial charge in [-0.25, -0.2) is 0 Å². The number of halogens is 1. The Hall–Kier alpha value is -0.570. The first kappa shape index (κ1) is 16.8. The van der Waals surface area contributed by atoms with Crippen LogP contribution in [-0.4, -0.2) is 24.0 Å². The lowest BCUT2D eigenvalue weighted by molar-refractivity contribution is -0.00634. The summed E-state index contributed by atoms with van der Waals surface area (Å²) in [5.74, 6) is 1.42. The zero-order valence-electron chi connectivity index (χ0n) is 13.8. The van der Waals surface area contributed by atoms with Gasteiger partial charge in [0.05, 0.1) is 0 Å². The lowest BCUT2D eigenvalue weighted by Crippen LogP contribution is -2.59. The van der Waals surface area contributed by atoms with Crippen LogP contribution in [0.2, 0.25) is 5.02 Å². The highest BCUT2D eigenvalue weighted by Crippen LogP contribution is 2.43. The van der Waals surface area contributed by atoms with E-state index >= 15 is 0 Å². The molecule has 1 aromatic carbocycles. The maximum Gasteiger partial charge on any atom is 0.0453 e. The van der Waals surface area contributed by atoms with E-state index in [2.05, 4.69) is 44.9 Å². The molecule has 0 heterocycles. The fourth-order valence-electron chi connectivity index (χ4n) is 4.06. The molecule has 0 spiro atoms. The molecule has 21 heavy (non-hydrogen) atoms. The molecule has 1 saturated carbocycles. The van der Waals surface area contributed by atoms with E-state index in [-0.39, 0.29) is 11.6 Å². The lowest BCUT2D eigenvalue weighted by atomic mass is 9.68. The van der Waals surface area contributed by atoms with Gasteiger partial charge in [-0.2, -0.15) is 0 Å². The monoisotopic (exact) mass is 308 g/mol. The number of nitrogens with zero attached hydrogens (tertiary/aromatic N) is 1. The molecule has 4 unspecified atom stereocenters. The van der Waals surface area contributed by atoms with Crippen molar-refractivity contribution in [2.24, 2.45) is 17.6 Å². The predicted molar refractivity (Wildman–Crippen MR) is 91.6 cm³/mol. The van der Waals surface area contributed by atoms with Gasteiger partial charge in [-0.1, -0.05) is 43.6 Å². The Morgan fingerprint density at radius 2 is 2.05 bits per heavy atom. The number of hydrogen-bond donors (Lipinski definition) is 1. The molecule has 2 rings (SSSR count). The predicted octanol–water partition coefficient (Wildman–Crippen LogP) is 4.49. The number of likely N-dealkylation sites (N-methyl/N-ethyl adjacent to an activating group) is 1. The summed E-state index contributed by atoms with van der Waals surface area (Å²) < 4.78 is 0. The van der Waals surface area contributed by atoms with Crippen LogP contribution in [0.5, 0.6) is 0 Å². The minimum atomic E-state index is 0.0884. The largest absolute Gasteiger partial charge is 0.329 e. The van der Waals surface area contributed by atoms with Gasteiger partial charge in [0, 0.05) is 23.1 Å². The highest BCUT2D eigenvalue weighted by Gasteiger charge is 2.44. The summed E-state index contributed by atoms with van der Waals surface area (Å²) in [6, 6.07) is 8.43. The van der Waals surface area contributed by atoms with Crippen molar-refractivity contribution in [1.29, 1.82) is 0 Å². The van der Waals surface area contributed by atoms with E-state index in [4.69, 9.17) is 17.3 Å². The Bertz CT molecular complexity index is 476. The molecule has 0 aromatic heterocycles. The first-order valence-electron chi connectivity index (χ1n) is 8.09. The summed E-state index contributed by atoms with van der Waals surface area (Å²) in [7, 11) is 2.22. The van der Waals surface area contributed by atoms with Crippen LogP contribution >= 0.6 is 11.6 Å². The average Bonchev–Trinajstić information content (AvgIpc) is 2.47. The standard InChI is InChI=1S/C18H29ClN2/c1-13-9-10-18(12-20,14(2)11-13)21(4)15(3)16-7-5-6-8-17(16)19/h5-8,13-15H,9-12,20H2,1-4H3. The van der Waals surface area contributed by atoms with E-state index in [1.165, 1.54) is 24.8 Å². The second kappa shape index (κ2) is 6.68. The first-order chi connectivity index (χ1) is 9.92. The lowest BCUT2D eigenvalue weighted by Gasteiger charge is -2.52.